The van der Waals surface area contributed by atoms with Gasteiger partial charge in [-0.2, -0.15) is 0 Å². The zero-order valence-corrected chi connectivity index (χ0v) is 14.4. The van der Waals surface area contributed by atoms with Crippen molar-refractivity contribution in [3.05, 3.63) is 71.3 Å². The Kier molecular flexibility index (Phi) is 5.65. The van der Waals surface area contributed by atoms with Crippen LogP contribution in [-0.4, -0.2) is 37.0 Å². The summed E-state index contributed by atoms with van der Waals surface area (Å²) in [6, 6.07) is 19.1. The molecule has 0 bridgehead atoms. The minimum Gasteiger partial charge on any atom is -0.339 e. The molecule has 2 aromatic rings. The fourth-order valence-electron chi connectivity index (χ4n) is 3.41. The van der Waals surface area contributed by atoms with E-state index in [1.165, 1.54) is 5.56 Å². The summed E-state index contributed by atoms with van der Waals surface area (Å²) in [5.41, 5.74) is 3.34. The molecule has 0 saturated carbocycles. The van der Waals surface area contributed by atoms with Crippen LogP contribution >= 0.6 is 0 Å². The Morgan fingerprint density at radius 1 is 1.00 bits per heavy atom. The molecule has 0 unspecified atom stereocenters. The Morgan fingerprint density at radius 2 is 1.67 bits per heavy atom. The highest BCUT2D eigenvalue weighted by atomic mass is 16.2. The lowest BCUT2D eigenvalue weighted by Crippen LogP contribution is -2.44. The third kappa shape index (κ3) is 4.04. The molecule has 0 aliphatic carbocycles. The monoisotopic (exact) mass is 322 g/mol. The van der Waals surface area contributed by atoms with Gasteiger partial charge in [-0.25, -0.2) is 0 Å². The van der Waals surface area contributed by atoms with Gasteiger partial charge in [0.2, 0.25) is 0 Å². The van der Waals surface area contributed by atoms with Crippen LogP contribution < -0.4 is 5.32 Å². The van der Waals surface area contributed by atoms with Gasteiger partial charge < -0.3 is 10.2 Å². The standard InChI is InChI=1S/C21H26N2O/c1-22-19-13-15-23(16-14-19)21(24)20-10-6-5-9-18(20)12-11-17-7-3-2-4-8-17/h2-10,19,22H,11-16H2,1H3. The van der Waals surface area contributed by atoms with Crippen LogP contribution in [0.15, 0.2) is 54.6 Å². The number of aryl methyl sites for hydroxylation is 2. The van der Waals surface area contributed by atoms with E-state index in [4.69, 9.17) is 0 Å². The number of carbonyl (C=O) groups excluding carboxylic acids is 1. The summed E-state index contributed by atoms with van der Waals surface area (Å²) < 4.78 is 0. The van der Waals surface area contributed by atoms with Crippen molar-refractivity contribution in [1.29, 1.82) is 0 Å². The minimum atomic E-state index is 0.188. The third-order valence-corrected chi connectivity index (χ3v) is 4.96. The van der Waals surface area contributed by atoms with Crippen LogP contribution in [-0.2, 0) is 12.8 Å². The molecule has 0 atom stereocenters. The largest absolute Gasteiger partial charge is 0.339 e. The number of benzene rings is 2. The summed E-state index contributed by atoms with van der Waals surface area (Å²) in [5.74, 6) is 0.188. The molecular formula is C21H26N2O. The van der Waals surface area contributed by atoms with Gasteiger partial charge in [0.25, 0.3) is 5.91 Å². The van der Waals surface area contributed by atoms with E-state index in [0.29, 0.717) is 6.04 Å². The van der Waals surface area contributed by atoms with Crippen LogP contribution in [0, 0.1) is 0 Å². The molecule has 0 radical (unpaired) electrons. The number of rotatable bonds is 5. The van der Waals surface area contributed by atoms with Crippen molar-refractivity contribution in [1.82, 2.24) is 10.2 Å². The van der Waals surface area contributed by atoms with E-state index < -0.39 is 0 Å². The number of piperidine rings is 1. The van der Waals surface area contributed by atoms with E-state index in [2.05, 4.69) is 35.6 Å². The summed E-state index contributed by atoms with van der Waals surface area (Å²) >= 11 is 0. The fourth-order valence-corrected chi connectivity index (χ4v) is 3.41. The highest BCUT2D eigenvalue weighted by Gasteiger charge is 2.23. The smallest absolute Gasteiger partial charge is 0.254 e. The second kappa shape index (κ2) is 8.11. The molecule has 1 aliphatic heterocycles. The van der Waals surface area contributed by atoms with Crippen LogP contribution in [0.25, 0.3) is 0 Å². The Morgan fingerprint density at radius 3 is 2.38 bits per heavy atom. The Bertz CT molecular complexity index is 661. The molecule has 1 saturated heterocycles. The van der Waals surface area contributed by atoms with E-state index >= 15 is 0 Å². The average molecular weight is 322 g/mol. The molecule has 2 aromatic carbocycles. The topological polar surface area (TPSA) is 32.3 Å². The molecule has 1 N–H and O–H groups in total. The summed E-state index contributed by atoms with van der Waals surface area (Å²) in [7, 11) is 2.00. The molecule has 3 rings (SSSR count). The number of nitrogens with one attached hydrogen (secondary N) is 1. The molecule has 3 nitrogen and oxygen atoms in total. The van der Waals surface area contributed by atoms with Gasteiger partial charge in [-0.1, -0.05) is 48.5 Å². The zero-order chi connectivity index (χ0) is 16.8. The predicted octanol–water partition coefficient (Wildman–Crippen LogP) is 3.30. The van der Waals surface area contributed by atoms with Gasteiger partial charge in [0.05, 0.1) is 0 Å². The Hall–Kier alpha value is -2.13. The van der Waals surface area contributed by atoms with Gasteiger partial charge in [0.1, 0.15) is 0 Å². The second-order valence-electron chi connectivity index (χ2n) is 6.50. The van der Waals surface area contributed by atoms with Crippen LogP contribution in [0.3, 0.4) is 0 Å². The first-order valence-electron chi connectivity index (χ1n) is 8.86. The van der Waals surface area contributed by atoms with Crippen molar-refractivity contribution >= 4 is 5.91 Å². The molecule has 1 fully saturated rings. The van der Waals surface area contributed by atoms with Crippen molar-refractivity contribution in [2.75, 3.05) is 20.1 Å². The maximum Gasteiger partial charge on any atom is 0.254 e. The Labute approximate surface area is 144 Å². The maximum atomic E-state index is 12.9. The lowest BCUT2D eigenvalue weighted by molar-refractivity contribution is 0.0706. The summed E-state index contributed by atoms with van der Waals surface area (Å²) in [5, 5.41) is 3.32. The molecule has 3 heteroatoms. The highest BCUT2D eigenvalue weighted by molar-refractivity contribution is 5.95. The first-order valence-corrected chi connectivity index (χ1v) is 8.86. The number of likely N-dealkylation sites (tertiary alicyclic amines) is 1. The molecular weight excluding hydrogens is 296 g/mol. The van der Waals surface area contributed by atoms with Crippen LogP contribution in [0.2, 0.25) is 0 Å². The molecule has 0 aromatic heterocycles. The molecule has 1 amide bonds. The third-order valence-electron chi connectivity index (χ3n) is 4.96. The first-order chi connectivity index (χ1) is 11.8. The number of amides is 1. The molecule has 1 heterocycles. The number of carbonyl (C=O) groups is 1. The zero-order valence-electron chi connectivity index (χ0n) is 14.4. The van der Waals surface area contributed by atoms with Gasteiger partial charge in [0, 0.05) is 24.7 Å². The normalized spacial score (nSPS) is 15.5. The highest BCUT2D eigenvalue weighted by Crippen LogP contribution is 2.18. The Balaban J connectivity index is 1.68. The quantitative estimate of drug-likeness (QED) is 0.916. The van der Waals surface area contributed by atoms with Crippen molar-refractivity contribution in [3.8, 4) is 0 Å². The van der Waals surface area contributed by atoms with E-state index in [9.17, 15) is 4.79 Å². The van der Waals surface area contributed by atoms with E-state index in [0.717, 1.165) is 49.9 Å². The summed E-state index contributed by atoms with van der Waals surface area (Å²) in [4.78, 5) is 14.9. The van der Waals surface area contributed by atoms with Gasteiger partial charge in [0.15, 0.2) is 0 Å². The van der Waals surface area contributed by atoms with Crippen molar-refractivity contribution in [2.45, 2.75) is 31.7 Å². The van der Waals surface area contributed by atoms with Crippen LogP contribution in [0.5, 0.6) is 0 Å². The van der Waals surface area contributed by atoms with E-state index in [1.807, 2.05) is 36.2 Å². The minimum absolute atomic E-state index is 0.188. The van der Waals surface area contributed by atoms with Crippen molar-refractivity contribution in [2.24, 2.45) is 0 Å². The molecule has 24 heavy (non-hydrogen) atoms. The van der Waals surface area contributed by atoms with Crippen LogP contribution in [0.1, 0.15) is 34.3 Å². The molecule has 1 aliphatic rings. The van der Waals surface area contributed by atoms with Gasteiger partial charge in [-0.3, -0.25) is 4.79 Å². The van der Waals surface area contributed by atoms with Crippen molar-refractivity contribution < 1.29 is 4.79 Å². The van der Waals surface area contributed by atoms with Crippen molar-refractivity contribution in [3.63, 3.8) is 0 Å². The van der Waals surface area contributed by atoms with Gasteiger partial charge >= 0.3 is 0 Å². The predicted molar refractivity (Wildman–Crippen MR) is 98.3 cm³/mol. The number of hydrogen-bond donors (Lipinski definition) is 1. The summed E-state index contributed by atoms with van der Waals surface area (Å²) in [6.07, 6.45) is 3.94. The van der Waals surface area contributed by atoms with Gasteiger partial charge in [-0.15, -0.1) is 0 Å². The van der Waals surface area contributed by atoms with Gasteiger partial charge in [-0.05, 0) is 49.9 Å². The molecule has 0 spiro atoms. The lowest BCUT2D eigenvalue weighted by Gasteiger charge is -2.32. The number of hydrogen-bond acceptors (Lipinski definition) is 2. The number of nitrogens with zero attached hydrogens (tertiary/aromatic N) is 1. The average Bonchev–Trinajstić information content (AvgIpc) is 2.67. The summed E-state index contributed by atoms with van der Waals surface area (Å²) in [6.45, 7) is 1.69. The molecule has 126 valence electrons. The van der Waals surface area contributed by atoms with E-state index in [-0.39, 0.29) is 5.91 Å². The SMILES string of the molecule is CNC1CCN(C(=O)c2ccccc2CCc2ccccc2)CC1. The lowest BCUT2D eigenvalue weighted by atomic mass is 9.98. The first kappa shape index (κ1) is 16.7. The second-order valence-corrected chi connectivity index (χ2v) is 6.50. The fraction of sp³-hybridized carbons (Fsp3) is 0.381. The van der Waals surface area contributed by atoms with Crippen LogP contribution in [0.4, 0.5) is 0 Å². The maximum absolute atomic E-state index is 12.9. The van der Waals surface area contributed by atoms with E-state index in [1.54, 1.807) is 0 Å².